The van der Waals surface area contributed by atoms with E-state index < -0.39 is 17.7 Å². The zero-order valence-corrected chi connectivity index (χ0v) is 7.78. The molecule has 1 aromatic heterocycles. The summed E-state index contributed by atoms with van der Waals surface area (Å²) in [4.78, 5) is 3.12. The Morgan fingerprint density at radius 1 is 1.31 bits per heavy atom. The molecule has 0 radical (unpaired) electrons. The summed E-state index contributed by atoms with van der Waals surface area (Å²) in [6.45, 7) is 0. The van der Waals surface area contributed by atoms with Gasteiger partial charge in [-0.1, -0.05) is 15.9 Å². The molecular weight excluding hydrogens is 254 g/mol. The fourth-order valence-corrected chi connectivity index (χ4v) is 1.07. The van der Waals surface area contributed by atoms with Gasteiger partial charge < -0.3 is 0 Å². The van der Waals surface area contributed by atoms with Crippen molar-refractivity contribution in [3.05, 3.63) is 29.3 Å². The summed E-state index contributed by atoms with van der Waals surface area (Å²) < 4.78 is 48.7. The predicted octanol–water partition coefficient (Wildman–Crippen LogP) is 3.13. The topological polar surface area (TPSA) is 12.9 Å². The van der Waals surface area contributed by atoms with Gasteiger partial charge in [0.2, 0.25) is 5.95 Å². The summed E-state index contributed by atoms with van der Waals surface area (Å²) >= 11 is 2.96. The maximum atomic E-state index is 12.7. The van der Waals surface area contributed by atoms with Crippen LogP contribution < -0.4 is 0 Å². The van der Waals surface area contributed by atoms with E-state index in [0.717, 1.165) is 6.07 Å². The van der Waals surface area contributed by atoms with Crippen molar-refractivity contribution in [1.29, 1.82) is 0 Å². The predicted molar refractivity (Wildman–Crippen MR) is 41.8 cm³/mol. The molecule has 1 rings (SSSR count). The van der Waals surface area contributed by atoms with E-state index in [-0.39, 0.29) is 11.0 Å². The van der Waals surface area contributed by atoms with E-state index in [4.69, 9.17) is 0 Å². The minimum atomic E-state index is -4.68. The van der Waals surface area contributed by atoms with Crippen LogP contribution in [0.3, 0.4) is 0 Å². The van der Waals surface area contributed by atoms with Gasteiger partial charge in [0.25, 0.3) is 0 Å². The maximum absolute atomic E-state index is 12.7. The molecule has 0 spiro atoms. The van der Waals surface area contributed by atoms with Crippen molar-refractivity contribution < 1.29 is 17.6 Å². The van der Waals surface area contributed by atoms with Crippen LogP contribution in [0.4, 0.5) is 17.6 Å². The zero-order valence-electron chi connectivity index (χ0n) is 6.20. The Balaban J connectivity index is 3.13. The summed E-state index contributed by atoms with van der Waals surface area (Å²) in [5.74, 6) is -1.48. The molecule has 1 heterocycles. The summed E-state index contributed by atoms with van der Waals surface area (Å²) in [6.07, 6.45) is -4.68. The van der Waals surface area contributed by atoms with Crippen molar-refractivity contribution in [1.82, 2.24) is 4.98 Å². The van der Waals surface area contributed by atoms with Crippen LogP contribution in [-0.2, 0) is 11.5 Å². The Kier molecular flexibility index (Phi) is 2.90. The molecule has 0 unspecified atom stereocenters. The molecule has 1 nitrogen and oxygen atoms in total. The molecule has 0 amide bonds. The molecule has 6 heteroatoms. The first kappa shape index (κ1) is 10.4. The van der Waals surface area contributed by atoms with Gasteiger partial charge in [-0.15, -0.1) is 0 Å². The standard InChI is InChI=1S/C7H4BrF4N/c8-3-4-1-2-5(6(9)13-4)7(10,11)12/h1-2H,3H2. The number of rotatable bonds is 1. The molecule has 1 aromatic rings. The van der Waals surface area contributed by atoms with Crippen molar-refractivity contribution in [3.63, 3.8) is 0 Å². The molecule has 0 saturated heterocycles. The first-order valence-corrected chi connectivity index (χ1v) is 4.36. The highest BCUT2D eigenvalue weighted by atomic mass is 79.9. The Morgan fingerprint density at radius 2 is 1.92 bits per heavy atom. The van der Waals surface area contributed by atoms with Crippen LogP contribution in [0.5, 0.6) is 0 Å². The van der Waals surface area contributed by atoms with Crippen LogP contribution in [0, 0.1) is 5.95 Å². The van der Waals surface area contributed by atoms with E-state index in [9.17, 15) is 17.6 Å². The van der Waals surface area contributed by atoms with Gasteiger partial charge in [0, 0.05) is 5.33 Å². The summed E-state index contributed by atoms with van der Waals surface area (Å²) in [5, 5.41) is 0.224. The highest BCUT2D eigenvalue weighted by Gasteiger charge is 2.34. The van der Waals surface area contributed by atoms with Crippen molar-refractivity contribution in [2.75, 3.05) is 0 Å². The SMILES string of the molecule is Fc1nc(CBr)ccc1C(F)(F)F. The molecule has 0 aliphatic heterocycles. The number of pyridine rings is 1. The highest BCUT2D eigenvalue weighted by Crippen LogP contribution is 2.30. The average molecular weight is 258 g/mol. The number of halogens is 5. The molecular formula is C7H4BrF4N. The van der Waals surface area contributed by atoms with Crippen molar-refractivity contribution in [2.24, 2.45) is 0 Å². The number of hydrogen-bond donors (Lipinski definition) is 0. The number of aromatic nitrogens is 1. The summed E-state index contributed by atoms with van der Waals surface area (Å²) in [5.41, 5.74) is -1.11. The van der Waals surface area contributed by atoms with E-state index in [1.165, 1.54) is 0 Å². The van der Waals surface area contributed by atoms with Crippen LogP contribution in [0.25, 0.3) is 0 Å². The molecule has 0 aliphatic carbocycles. The quantitative estimate of drug-likeness (QED) is 0.428. The molecule has 72 valence electrons. The van der Waals surface area contributed by atoms with Gasteiger partial charge in [-0.2, -0.15) is 17.6 Å². The Morgan fingerprint density at radius 3 is 2.31 bits per heavy atom. The van der Waals surface area contributed by atoms with Crippen molar-refractivity contribution >= 4 is 15.9 Å². The second-order valence-electron chi connectivity index (χ2n) is 2.27. The van der Waals surface area contributed by atoms with Gasteiger partial charge in [0.15, 0.2) is 0 Å². The zero-order chi connectivity index (χ0) is 10.1. The van der Waals surface area contributed by atoms with Gasteiger partial charge in [-0.05, 0) is 12.1 Å². The molecule has 0 fully saturated rings. The largest absolute Gasteiger partial charge is 0.420 e. The Bertz CT molecular complexity index is 310. The van der Waals surface area contributed by atoms with Crippen LogP contribution in [0.1, 0.15) is 11.3 Å². The van der Waals surface area contributed by atoms with Crippen LogP contribution in [0.2, 0.25) is 0 Å². The lowest BCUT2D eigenvalue weighted by Gasteiger charge is -2.07. The first-order valence-electron chi connectivity index (χ1n) is 3.23. The third-order valence-corrected chi connectivity index (χ3v) is 1.92. The van der Waals surface area contributed by atoms with Gasteiger partial charge in [0.1, 0.15) is 5.56 Å². The number of hydrogen-bond acceptors (Lipinski definition) is 1. The second kappa shape index (κ2) is 3.61. The fourth-order valence-electron chi connectivity index (χ4n) is 0.758. The fraction of sp³-hybridized carbons (Fsp3) is 0.286. The van der Waals surface area contributed by atoms with Crippen LogP contribution in [0.15, 0.2) is 12.1 Å². The number of alkyl halides is 4. The highest BCUT2D eigenvalue weighted by molar-refractivity contribution is 9.08. The van der Waals surface area contributed by atoms with E-state index in [2.05, 4.69) is 20.9 Å². The smallest absolute Gasteiger partial charge is 0.223 e. The van der Waals surface area contributed by atoms with Gasteiger partial charge in [-0.25, -0.2) is 4.98 Å². The molecule has 0 N–H and O–H groups in total. The second-order valence-corrected chi connectivity index (χ2v) is 2.83. The summed E-state index contributed by atoms with van der Waals surface area (Å²) in [6, 6.07) is 1.81. The van der Waals surface area contributed by atoms with E-state index in [1.54, 1.807) is 0 Å². The number of nitrogens with zero attached hydrogens (tertiary/aromatic N) is 1. The van der Waals surface area contributed by atoms with E-state index in [1.807, 2.05) is 0 Å². The third kappa shape index (κ3) is 2.40. The maximum Gasteiger partial charge on any atom is 0.420 e. The molecule has 0 saturated carbocycles. The average Bonchev–Trinajstić information content (AvgIpc) is 2.01. The Labute approximate surface area is 79.9 Å². The third-order valence-electron chi connectivity index (χ3n) is 1.35. The Hall–Kier alpha value is -0.650. The monoisotopic (exact) mass is 257 g/mol. The summed E-state index contributed by atoms with van der Waals surface area (Å²) in [7, 11) is 0. The molecule has 0 bridgehead atoms. The minimum absolute atomic E-state index is 0.224. The van der Waals surface area contributed by atoms with Crippen LogP contribution in [-0.4, -0.2) is 4.98 Å². The van der Waals surface area contributed by atoms with Crippen molar-refractivity contribution in [3.8, 4) is 0 Å². The molecule has 0 aromatic carbocycles. The van der Waals surface area contributed by atoms with E-state index >= 15 is 0 Å². The lowest BCUT2D eigenvalue weighted by molar-refractivity contribution is -0.140. The lowest BCUT2D eigenvalue weighted by atomic mass is 10.2. The molecule has 0 aliphatic rings. The van der Waals surface area contributed by atoms with E-state index in [0.29, 0.717) is 6.07 Å². The normalized spacial score (nSPS) is 11.8. The van der Waals surface area contributed by atoms with Gasteiger partial charge in [0.05, 0.1) is 5.69 Å². The van der Waals surface area contributed by atoms with Crippen molar-refractivity contribution in [2.45, 2.75) is 11.5 Å². The molecule has 13 heavy (non-hydrogen) atoms. The minimum Gasteiger partial charge on any atom is -0.223 e. The first-order chi connectivity index (χ1) is 5.95. The lowest BCUT2D eigenvalue weighted by Crippen LogP contribution is -2.10. The van der Waals surface area contributed by atoms with Crippen LogP contribution >= 0.6 is 15.9 Å². The molecule has 0 atom stereocenters. The van der Waals surface area contributed by atoms with Gasteiger partial charge in [-0.3, -0.25) is 0 Å². The van der Waals surface area contributed by atoms with Gasteiger partial charge >= 0.3 is 6.18 Å².